The van der Waals surface area contributed by atoms with Crippen LogP contribution in [0.15, 0.2) is 53.5 Å². The lowest BCUT2D eigenvalue weighted by Crippen LogP contribution is -2.57. The third-order valence-corrected chi connectivity index (χ3v) is 5.89. The number of benzene rings is 1. The largest absolute Gasteiger partial charge is 0.464 e. The van der Waals surface area contributed by atoms with Crippen LogP contribution in [0, 0.1) is 0 Å². The third-order valence-electron chi connectivity index (χ3n) is 5.66. The van der Waals surface area contributed by atoms with Crippen molar-refractivity contribution >= 4 is 28.9 Å². The molecule has 0 aliphatic carbocycles. The molecule has 0 spiro atoms. The lowest BCUT2D eigenvalue weighted by molar-refractivity contribution is -0.146. The summed E-state index contributed by atoms with van der Waals surface area (Å²) in [7, 11) is 0. The molecular weight excluding hydrogens is 442 g/mol. The summed E-state index contributed by atoms with van der Waals surface area (Å²) in [5.74, 6) is -0.215. The van der Waals surface area contributed by atoms with E-state index in [4.69, 9.17) is 16.3 Å². The summed E-state index contributed by atoms with van der Waals surface area (Å²) in [6, 6.07) is 12.7. The Bertz CT molecular complexity index is 1130. The van der Waals surface area contributed by atoms with Gasteiger partial charge in [0.15, 0.2) is 5.65 Å². The van der Waals surface area contributed by atoms with Crippen LogP contribution in [0.2, 0.25) is 5.02 Å². The molecule has 0 radical (unpaired) electrons. The molecule has 1 atom stereocenters. The molecule has 1 fully saturated rings. The van der Waals surface area contributed by atoms with Crippen molar-refractivity contribution in [1.82, 2.24) is 19.1 Å². The molecule has 3 aromatic rings. The van der Waals surface area contributed by atoms with E-state index in [1.54, 1.807) is 10.6 Å². The van der Waals surface area contributed by atoms with E-state index in [1.807, 2.05) is 49.4 Å². The average molecular weight is 474 g/mol. The summed E-state index contributed by atoms with van der Waals surface area (Å²) in [5, 5.41) is 5.03. The van der Waals surface area contributed by atoms with Gasteiger partial charge in [-0.25, -0.2) is 14.3 Å². The molecule has 33 heavy (non-hydrogen) atoms. The molecule has 0 bridgehead atoms. The highest BCUT2D eigenvalue weighted by atomic mass is 35.5. The molecular formula is C24H32ClN5O3. The quantitative estimate of drug-likeness (QED) is 0.467. The van der Waals surface area contributed by atoms with E-state index in [0.717, 1.165) is 31.6 Å². The minimum atomic E-state index is -0.397. The van der Waals surface area contributed by atoms with E-state index < -0.39 is 6.04 Å². The van der Waals surface area contributed by atoms with Gasteiger partial charge in [0.25, 0.3) is 0 Å². The van der Waals surface area contributed by atoms with Crippen LogP contribution in [0.5, 0.6) is 0 Å². The molecule has 0 N–H and O–H groups in total. The molecule has 8 nitrogen and oxygen atoms in total. The number of rotatable bonds is 8. The second kappa shape index (κ2) is 11.3. The first kappa shape index (κ1) is 24.8. The van der Waals surface area contributed by atoms with Gasteiger partial charge in [-0.2, -0.15) is 0 Å². The molecule has 3 heterocycles. The number of nitrogens with zero attached hydrogens (tertiary/aromatic N) is 5. The van der Waals surface area contributed by atoms with E-state index in [-0.39, 0.29) is 19.1 Å². The SMILES string of the molecule is C.CCCOC(=O)C1CN(CCCn2nc3ccccn3c2=O)CCN1c1cccc(Cl)c1. The van der Waals surface area contributed by atoms with Gasteiger partial charge in [0.05, 0.1) is 6.61 Å². The second-order valence-electron chi connectivity index (χ2n) is 7.95. The lowest BCUT2D eigenvalue weighted by Gasteiger charge is -2.41. The van der Waals surface area contributed by atoms with Crippen molar-refractivity contribution < 1.29 is 9.53 Å². The number of piperazine rings is 1. The fourth-order valence-electron chi connectivity index (χ4n) is 4.06. The zero-order valence-corrected chi connectivity index (χ0v) is 18.9. The Morgan fingerprint density at radius 3 is 2.79 bits per heavy atom. The minimum absolute atomic E-state index is 0. The standard InChI is InChI=1S/C23H28ClN5O3.CH4/c1-2-15-32-22(30)20-17-26(13-14-27(20)19-8-5-7-18(24)16-19)10-6-12-29-23(31)28-11-4-3-9-21(28)25-29;/h3-5,7-9,11,16,20H,2,6,10,12-15,17H2,1H3;1H4. The number of aromatic nitrogens is 3. The topological polar surface area (TPSA) is 72.1 Å². The Labute approximate surface area is 199 Å². The zero-order valence-electron chi connectivity index (χ0n) is 18.2. The van der Waals surface area contributed by atoms with E-state index in [1.165, 1.54) is 4.68 Å². The summed E-state index contributed by atoms with van der Waals surface area (Å²) >= 11 is 6.18. The predicted molar refractivity (Wildman–Crippen MR) is 131 cm³/mol. The van der Waals surface area contributed by atoms with E-state index >= 15 is 0 Å². The smallest absolute Gasteiger partial charge is 0.350 e. The molecule has 4 rings (SSSR count). The molecule has 2 aromatic heterocycles. The highest BCUT2D eigenvalue weighted by Crippen LogP contribution is 2.24. The van der Waals surface area contributed by atoms with Crippen LogP contribution in [0.1, 0.15) is 27.2 Å². The Hall–Kier alpha value is -2.84. The molecule has 0 amide bonds. The van der Waals surface area contributed by atoms with Crippen molar-refractivity contribution in [3.05, 3.63) is 64.2 Å². The van der Waals surface area contributed by atoms with Crippen LogP contribution in [-0.2, 0) is 16.1 Å². The number of hydrogen-bond acceptors (Lipinski definition) is 6. The van der Waals surface area contributed by atoms with Gasteiger partial charge in [-0.3, -0.25) is 9.30 Å². The average Bonchev–Trinajstić information content (AvgIpc) is 3.13. The minimum Gasteiger partial charge on any atom is -0.464 e. The number of hydrogen-bond donors (Lipinski definition) is 0. The number of anilines is 1. The molecule has 1 unspecified atom stereocenters. The maximum absolute atomic E-state index is 12.8. The van der Waals surface area contributed by atoms with Gasteiger partial charge < -0.3 is 9.64 Å². The number of esters is 1. The highest BCUT2D eigenvalue weighted by molar-refractivity contribution is 6.30. The van der Waals surface area contributed by atoms with Crippen LogP contribution in [-0.4, -0.2) is 63.9 Å². The number of carbonyl (C=O) groups excluding carboxylic acids is 1. The van der Waals surface area contributed by atoms with Crippen molar-refractivity contribution in [3.8, 4) is 0 Å². The molecule has 1 aliphatic heterocycles. The van der Waals surface area contributed by atoms with Crippen molar-refractivity contribution in [3.63, 3.8) is 0 Å². The highest BCUT2D eigenvalue weighted by Gasteiger charge is 2.33. The molecule has 1 aromatic carbocycles. The van der Waals surface area contributed by atoms with Crippen molar-refractivity contribution in [2.45, 2.75) is 39.8 Å². The van der Waals surface area contributed by atoms with Crippen LogP contribution in [0.25, 0.3) is 5.65 Å². The Morgan fingerprint density at radius 2 is 2.03 bits per heavy atom. The first-order valence-corrected chi connectivity index (χ1v) is 11.4. The van der Waals surface area contributed by atoms with Gasteiger partial charge in [0.1, 0.15) is 6.04 Å². The molecule has 0 saturated carbocycles. The Morgan fingerprint density at radius 1 is 1.18 bits per heavy atom. The van der Waals surface area contributed by atoms with Gasteiger partial charge in [0.2, 0.25) is 0 Å². The number of ether oxygens (including phenoxy) is 1. The lowest BCUT2D eigenvalue weighted by atomic mass is 10.1. The van der Waals surface area contributed by atoms with Gasteiger partial charge in [-0.15, -0.1) is 5.10 Å². The summed E-state index contributed by atoms with van der Waals surface area (Å²) in [6.07, 6.45) is 3.27. The summed E-state index contributed by atoms with van der Waals surface area (Å²) in [4.78, 5) is 29.6. The van der Waals surface area contributed by atoms with Crippen LogP contribution < -0.4 is 10.6 Å². The number of pyridine rings is 1. The van der Waals surface area contributed by atoms with Crippen molar-refractivity contribution in [2.75, 3.05) is 37.7 Å². The van der Waals surface area contributed by atoms with E-state index in [2.05, 4.69) is 14.9 Å². The molecule has 178 valence electrons. The first-order valence-electron chi connectivity index (χ1n) is 11.0. The Kier molecular flexibility index (Phi) is 8.52. The maximum atomic E-state index is 12.8. The number of halogens is 1. The van der Waals surface area contributed by atoms with Crippen LogP contribution in [0.3, 0.4) is 0 Å². The number of aryl methyl sites for hydroxylation is 1. The zero-order chi connectivity index (χ0) is 22.5. The second-order valence-corrected chi connectivity index (χ2v) is 8.38. The van der Waals surface area contributed by atoms with Crippen molar-refractivity contribution in [2.24, 2.45) is 0 Å². The fourth-order valence-corrected chi connectivity index (χ4v) is 4.25. The van der Waals surface area contributed by atoms with E-state index in [9.17, 15) is 9.59 Å². The van der Waals surface area contributed by atoms with Gasteiger partial charge in [0, 0.05) is 49.6 Å². The monoisotopic (exact) mass is 473 g/mol. The fraction of sp³-hybridized carbons (Fsp3) is 0.458. The third kappa shape index (κ3) is 5.75. The van der Waals surface area contributed by atoms with Crippen molar-refractivity contribution in [1.29, 1.82) is 0 Å². The number of fused-ring (bicyclic) bond motifs is 1. The first-order chi connectivity index (χ1) is 15.6. The summed E-state index contributed by atoms with van der Waals surface area (Å²) < 4.78 is 8.54. The Balaban J connectivity index is 0.00000306. The maximum Gasteiger partial charge on any atom is 0.350 e. The predicted octanol–water partition coefficient (Wildman–Crippen LogP) is 3.32. The normalized spacial score (nSPS) is 16.5. The van der Waals surface area contributed by atoms with Crippen LogP contribution >= 0.6 is 11.6 Å². The summed E-state index contributed by atoms with van der Waals surface area (Å²) in [5.41, 5.74) is 1.44. The molecule has 1 aliphatic rings. The van der Waals surface area contributed by atoms with Crippen LogP contribution in [0.4, 0.5) is 5.69 Å². The van der Waals surface area contributed by atoms with E-state index in [0.29, 0.717) is 36.9 Å². The van der Waals surface area contributed by atoms with Gasteiger partial charge in [-0.05, 0) is 43.2 Å². The van der Waals surface area contributed by atoms with Gasteiger partial charge >= 0.3 is 11.7 Å². The molecule has 1 saturated heterocycles. The number of carbonyl (C=O) groups is 1. The molecule has 9 heteroatoms. The van der Waals surface area contributed by atoms with Gasteiger partial charge in [-0.1, -0.05) is 38.1 Å². The summed E-state index contributed by atoms with van der Waals surface area (Å²) in [6.45, 7) is 5.76.